The molecule has 2 aliphatic heterocycles. The third-order valence-corrected chi connectivity index (χ3v) is 6.02. The number of carbonyl (C=O) groups excluding carboxylic acids is 1. The van der Waals surface area contributed by atoms with E-state index >= 15 is 0 Å². The highest BCUT2D eigenvalue weighted by Crippen LogP contribution is 2.48. The first-order chi connectivity index (χ1) is 16.2. The zero-order valence-corrected chi connectivity index (χ0v) is 20.1. The van der Waals surface area contributed by atoms with Crippen LogP contribution in [0.25, 0.3) is 11.4 Å². The van der Waals surface area contributed by atoms with Gasteiger partial charge in [0, 0.05) is 36.4 Å². The van der Waals surface area contributed by atoms with Crippen molar-refractivity contribution in [1.29, 1.82) is 0 Å². The van der Waals surface area contributed by atoms with Crippen molar-refractivity contribution in [3.8, 4) is 11.4 Å². The number of rotatable bonds is 4. The van der Waals surface area contributed by atoms with Crippen LogP contribution in [-0.4, -0.2) is 64.9 Å². The van der Waals surface area contributed by atoms with E-state index in [-0.39, 0.29) is 24.0 Å². The lowest BCUT2D eigenvalue weighted by Crippen LogP contribution is -2.39. The van der Waals surface area contributed by atoms with Crippen LogP contribution in [0.15, 0.2) is 24.3 Å². The molecule has 4 rings (SSSR count). The van der Waals surface area contributed by atoms with E-state index in [0.29, 0.717) is 44.4 Å². The number of urea groups is 1. The second-order valence-corrected chi connectivity index (χ2v) is 9.57. The number of benzene rings is 1. The summed E-state index contributed by atoms with van der Waals surface area (Å²) in [4.78, 5) is 37.4. The average Bonchev–Trinajstić information content (AvgIpc) is 3.20. The molecule has 34 heavy (non-hydrogen) atoms. The molecule has 1 aromatic heterocycles. The number of aromatic nitrogens is 2. The van der Waals surface area contributed by atoms with Gasteiger partial charge in [0.2, 0.25) is 0 Å². The van der Waals surface area contributed by atoms with Gasteiger partial charge in [0.1, 0.15) is 5.82 Å². The van der Waals surface area contributed by atoms with Crippen molar-refractivity contribution in [3.63, 3.8) is 0 Å². The SMILES string of the molecule is CCNC(=O)Nc1ccc(-c2nc3c(c(N4CCOCC4)n2)C(C(C)(C)C)N(C(=O)O)C3)cc1. The molecule has 2 aromatic rings. The van der Waals surface area contributed by atoms with Crippen molar-refractivity contribution >= 4 is 23.6 Å². The lowest BCUT2D eigenvalue weighted by atomic mass is 9.82. The molecule has 2 aliphatic rings. The highest BCUT2D eigenvalue weighted by Gasteiger charge is 2.45. The summed E-state index contributed by atoms with van der Waals surface area (Å²) in [6.45, 7) is 11.3. The summed E-state index contributed by atoms with van der Waals surface area (Å²) in [7, 11) is 0. The molecule has 0 bridgehead atoms. The van der Waals surface area contributed by atoms with E-state index in [1.165, 1.54) is 4.90 Å². The van der Waals surface area contributed by atoms with Crippen LogP contribution in [-0.2, 0) is 11.3 Å². The number of carbonyl (C=O) groups is 2. The fraction of sp³-hybridized carbons (Fsp3) is 0.500. The number of anilines is 2. The number of nitrogens with zero attached hydrogens (tertiary/aromatic N) is 4. The predicted molar refractivity (Wildman–Crippen MR) is 129 cm³/mol. The van der Waals surface area contributed by atoms with Crippen molar-refractivity contribution in [3.05, 3.63) is 35.5 Å². The van der Waals surface area contributed by atoms with Gasteiger partial charge in [-0.15, -0.1) is 0 Å². The Balaban J connectivity index is 1.76. The third-order valence-electron chi connectivity index (χ3n) is 6.02. The van der Waals surface area contributed by atoms with Gasteiger partial charge >= 0.3 is 12.1 Å². The number of carboxylic acid groups (broad SMARTS) is 1. The number of fused-ring (bicyclic) bond motifs is 1. The number of ether oxygens (including phenoxy) is 1. The Kier molecular flexibility index (Phi) is 6.60. The second-order valence-electron chi connectivity index (χ2n) is 9.57. The maximum absolute atomic E-state index is 12.1. The molecular weight excluding hydrogens is 436 g/mol. The van der Waals surface area contributed by atoms with E-state index in [9.17, 15) is 14.7 Å². The summed E-state index contributed by atoms with van der Waals surface area (Å²) >= 11 is 0. The van der Waals surface area contributed by atoms with Crippen molar-refractivity contribution in [2.75, 3.05) is 43.1 Å². The minimum Gasteiger partial charge on any atom is -0.465 e. The Hall–Kier alpha value is -3.40. The zero-order chi connectivity index (χ0) is 24.5. The first-order valence-electron chi connectivity index (χ1n) is 11.6. The van der Waals surface area contributed by atoms with E-state index in [4.69, 9.17) is 14.7 Å². The lowest BCUT2D eigenvalue weighted by molar-refractivity contribution is 0.0895. The Morgan fingerprint density at radius 1 is 1.15 bits per heavy atom. The molecule has 0 aliphatic carbocycles. The second kappa shape index (κ2) is 9.46. The summed E-state index contributed by atoms with van der Waals surface area (Å²) in [6.07, 6.45) is -0.965. The summed E-state index contributed by atoms with van der Waals surface area (Å²) in [5, 5.41) is 15.4. The normalized spacial score (nSPS) is 17.9. The van der Waals surface area contributed by atoms with Crippen LogP contribution in [0.3, 0.4) is 0 Å². The van der Waals surface area contributed by atoms with Gasteiger partial charge in [-0.05, 0) is 36.6 Å². The van der Waals surface area contributed by atoms with Crippen LogP contribution in [0.1, 0.15) is 45.0 Å². The monoisotopic (exact) mass is 468 g/mol. The quantitative estimate of drug-likeness (QED) is 0.626. The highest BCUT2D eigenvalue weighted by molar-refractivity contribution is 5.89. The Bertz CT molecular complexity index is 1060. The zero-order valence-electron chi connectivity index (χ0n) is 20.1. The Morgan fingerprint density at radius 3 is 2.41 bits per heavy atom. The van der Waals surface area contributed by atoms with Crippen LogP contribution in [0.5, 0.6) is 0 Å². The molecule has 0 saturated carbocycles. The minimum absolute atomic E-state index is 0.219. The minimum atomic E-state index is -0.965. The molecule has 1 aromatic carbocycles. The summed E-state index contributed by atoms with van der Waals surface area (Å²) in [6, 6.07) is 6.71. The number of amides is 3. The molecule has 0 spiro atoms. The van der Waals surface area contributed by atoms with Gasteiger partial charge in [0.05, 0.1) is 31.5 Å². The topological polar surface area (TPSA) is 120 Å². The smallest absolute Gasteiger partial charge is 0.408 e. The Morgan fingerprint density at radius 2 is 1.82 bits per heavy atom. The predicted octanol–water partition coefficient (Wildman–Crippen LogP) is 3.70. The van der Waals surface area contributed by atoms with Gasteiger partial charge in [-0.25, -0.2) is 19.6 Å². The third kappa shape index (κ3) is 4.77. The van der Waals surface area contributed by atoms with E-state index in [1.807, 2.05) is 39.8 Å². The molecule has 1 atom stereocenters. The molecule has 10 heteroatoms. The van der Waals surface area contributed by atoms with Crippen molar-refractivity contribution in [2.45, 2.75) is 40.3 Å². The van der Waals surface area contributed by atoms with E-state index in [0.717, 1.165) is 22.6 Å². The average molecular weight is 469 g/mol. The molecule has 1 unspecified atom stereocenters. The number of hydrogen-bond acceptors (Lipinski definition) is 6. The van der Waals surface area contributed by atoms with Crippen LogP contribution in [0.2, 0.25) is 0 Å². The first kappa shape index (κ1) is 23.7. The molecule has 3 N–H and O–H groups in total. The van der Waals surface area contributed by atoms with Crippen LogP contribution in [0, 0.1) is 5.41 Å². The molecule has 0 radical (unpaired) electrons. The maximum Gasteiger partial charge on any atom is 0.408 e. The fourth-order valence-electron chi connectivity index (χ4n) is 4.57. The largest absolute Gasteiger partial charge is 0.465 e. The standard InChI is InChI=1S/C24H32N6O4/c1-5-25-22(31)26-16-8-6-15(7-9-16)20-27-17-14-30(23(32)33)19(24(2,3)4)18(17)21(28-20)29-10-12-34-13-11-29/h6-9,19H,5,10-14H2,1-4H3,(H,32,33)(H2,25,26,31). The van der Waals surface area contributed by atoms with E-state index in [2.05, 4.69) is 15.5 Å². The summed E-state index contributed by atoms with van der Waals surface area (Å²) < 4.78 is 5.54. The highest BCUT2D eigenvalue weighted by atomic mass is 16.5. The van der Waals surface area contributed by atoms with Crippen molar-refractivity contribution in [2.24, 2.45) is 5.41 Å². The van der Waals surface area contributed by atoms with Gasteiger partial charge < -0.3 is 25.4 Å². The van der Waals surface area contributed by atoms with Crippen molar-refractivity contribution < 1.29 is 19.4 Å². The van der Waals surface area contributed by atoms with Crippen molar-refractivity contribution in [1.82, 2.24) is 20.2 Å². The number of morpholine rings is 1. The molecule has 3 amide bonds. The van der Waals surface area contributed by atoms with Gasteiger partial charge in [-0.1, -0.05) is 20.8 Å². The molecular formula is C24H32N6O4. The molecule has 182 valence electrons. The van der Waals surface area contributed by atoms with Crippen LogP contribution < -0.4 is 15.5 Å². The first-order valence-corrected chi connectivity index (χ1v) is 11.6. The fourth-order valence-corrected chi connectivity index (χ4v) is 4.57. The van der Waals surface area contributed by atoms with Gasteiger partial charge in [0.25, 0.3) is 0 Å². The molecule has 1 fully saturated rings. The summed E-state index contributed by atoms with van der Waals surface area (Å²) in [5.74, 6) is 1.31. The Labute approximate surface area is 199 Å². The van der Waals surface area contributed by atoms with Gasteiger partial charge in [-0.2, -0.15) is 0 Å². The molecule has 3 heterocycles. The summed E-state index contributed by atoms with van der Waals surface area (Å²) in [5.41, 5.74) is 2.74. The molecule has 1 saturated heterocycles. The van der Waals surface area contributed by atoms with Gasteiger partial charge in [0.15, 0.2) is 5.82 Å². The molecule has 10 nitrogen and oxygen atoms in total. The number of hydrogen-bond donors (Lipinski definition) is 3. The lowest BCUT2D eigenvalue weighted by Gasteiger charge is -2.36. The number of nitrogens with one attached hydrogen (secondary N) is 2. The van der Waals surface area contributed by atoms with E-state index < -0.39 is 6.09 Å². The van der Waals surface area contributed by atoms with E-state index in [1.54, 1.807) is 12.1 Å². The van der Waals surface area contributed by atoms with Gasteiger partial charge in [-0.3, -0.25) is 4.90 Å². The van der Waals surface area contributed by atoms with Crippen LogP contribution >= 0.6 is 0 Å². The maximum atomic E-state index is 12.1. The van der Waals surface area contributed by atoms with Crippen LogP contribution in [0.4, 0.5) is 21.1 Å².